The summed E-state index contributed by atoms with van der Waals surface area (Å²) in [6, 6.07) is 1.27. The number of carbonyl (C=O) groups is 1. The number of aromatic nitrogens is 3. The summed E-state index contributed by atoms with van der Waals surface area (Å²) < 4.78 is 6.28. The van der Waals surface area contributed by atoms with Gasteiger partial charge in [-0.15, -0.1) is 0 Å². The number of amides is 1. The number of rotatable bonds is 6. The van der Waals surface area contributed by atoms with E-state index in [1.807, 2.05) is 20.9 Å². The normalized spacial score (nSPS) is 20.1. The molecule has 2 N–H and O–H groups in total. The Bertz CT molecular complexity index is 1000. The third-order valence-corrected chi connectivity index (χ3v) is 5.50. The Kier molecular flexibility index (Phi) is 8.33. The van der Waals surface area contributed by atoms with Gasteiger partial charge in [0.2, 0.25) is 5.88 Å². The van der Waals surface area contributed by atoms with Gasteiger partial charge in [-0.2, -0.15) is 0 Å². The van der Waals surface area contributed by atoms with Crippen LogP contribution in [-0.2, 0) is 6.54 Å². The summed E-state index contributed by atoms with van der Waals surface area (Å²) in [5.41, 5.74) is 1.79. The zero-order valence-corrected chi connectivity index (χ0v) is 19.5. The van der Waals surface area contributed by atoms with Gasteiger partial charge in [-0.3, -0.25) is 9.69 Å². The number of aliphatic hydroxyl groups is 2. The Balaban J connectivity index is 1.91. The van der Waals surface area contributed by atoms with E-state index < -0.39 is 6.10 Å². The molecule has 0 saturated carbocycles. The number of likely N-dealkylation sites (N-methyl/N-ethyl adjacent to an activating group) is 1. The monoisotopic (exact) mass is 453 g/mol. The predicted molar refractivity (Wildman–Crippen MR) is 122 cm³/mol. The van der Waals surface area contributed by atoms with E-state index in [2.05, 4.69) is 31.7 Å². The van der Waals surface area contributed by atoms with Crippen LogP contribution in [0.2, 0.25) is 0 Å². The summed E-state index contributed by atoms with van der Waals surface area (Å²) in [4.78, 5) is 29.7. The van der Waals surface area contributed by atoms with Gasteiger partial charge < -0.3 is 19.8 Å². The molecule has 176 valence electrons. The predicted octanol–water partition coefficient (Wildman–Crippen LogP) is 0.956. The highest BCUT2D eigenvalue weighted by Gasteiger charge is 2.34. The molecular weight excluding hydrogens is 422 g/mol. The average Bonchev–Trinajstić information content (AvgIpc) is 2.80. The molecule has 9 heteroatoms. The number of nitrogens with zero attached hydrogens (tertiary/aromatic N) is 5. The van der Waals surface area contributed by atoms with Crippen molar-refractivity contribution in [1.82, 2.24) is 24.8 Å². The lowest BCUT2D eigenvalue weighted by Gasteiger charge is -2.37. The topological polar surface area (TPSA) is 112 Å². The molecule has 0 fully saturated rings. The maximum Gasteiger partial charge on any atom is 0.259 e. The molecule has 3 rings (SSSR count). The van der Waals surface area contributed by atoms with Crippen LogP contribution in [0.5, 0.6) is 5.88 Å². The third kappa shape index (κ3) is 6.48. The van der Waals surface area contributed by atoms with Gasteiger partial charge in [0.15, 0.2) is 0 Å². The highest BCUT2D eigenvalue weighted by Crippen LogP contribution is 2.27. The molecule has 0 spiro atoms. The quantitative estimate of drug-likeness (QED) is 0.622. The molecule has 33 heavy (non-hydrogen) atoms. The van der Waals surface area contributed by atoms with Crippen molar-refractivity contribution in [2.45, 2.75) is 45.6 Å². The van der Waals surface area contributed by atoms with Gasteiger partial charge in [-0.05, 0) is 27.0 Å². The summed E-state index contributed by atoms with van der Waals surface area (Å²) in [7, 11) is 1.99. The van der Waals surface area contributed by atoms with Crippen LogP contribution in [0.15, 0.2) is 31.0 Å². The summed E-state index contributed by atoms with van der Waals surface area (Å²) in [5.74, 6) is 5.46. The Morgan fingerprint density at radius 3 is 2.70 bits per heavy atom. The van der Waals surface area contributed by atoms with E-state index in [0.29, 0.717) is 30.8 Å². The van der Waals surface area contributed by atoms with Gasteiger partial charge in [-0.1, -0.05) is 18.8 Å². The van der Waals surface area contributed by atoms with Crippen molar-refractivity contribution in [3.05, 3.63) is 47.7 Å². The van der Waals surface area contributed by atoms with Crippen molar-refractivity contribution in [2.24, 2.45) is 5.92 Å². The second-order valence-corrected chi connectivity index (χ2v) is 8.59. The minimum Gasteiger partial charge on any atom is -0.472 e. The Labute approximate surface area is 194 Å². The summed E-state index contributed by atoms with van der Waals surface area (Å²) in [5, 5.41) is 19.2. The number of hydrogen-bond donors (Lipinski definition) is 2. The first-order chi connectivity index (χ1) is 15.8. The van der Waals surface area contributed by atoms with Crippen LogP contribution in [0.25, 0.3) is 0 Å². The van der Waals surface area contributed by atoms with Crippen molar-refractivity contribution in [2.75, 3.05) is 26.7 Å². The Hall–Kier alpha value is -3.06. The van der Waals surface area contributed by atoms with Crippen molar-refractivity contribution in [3.63, 3.8) is 0 Å². The number of hydrogen-bond acceptors (Lipinski definition) is 8. The fraction of sp³-hybridized carbons (Fsp3) is 0.500. The van der Waals surface area contributed by atoms with E-state index >= 15 is 0 Å². The maximum absolute atomic E-state index is 13.4. The zero-order chi connectivity index (χ0) is 24.0. The van der Waals surface area contributed by atoms with Crippen LogP contribution >= 0.6 is 0 Å². The smallest absolute Gasteiger partial charge is 0.259 e. The van der Waals surface area contributed by atoms with Crippen molar-refractivity contribution in [3.8, 4) is 17.7 Å². The van der Waals surface area contributed by atoms with E-state index in [1.54, 1.807) is 30.3 Å². The minimum atomic E-state index is -0.791. The fourth-order valence-corrected chi connectivity index (χ4v) is 3.67. The third-order valence-electron chi connectivity index (χ3n) is 5.50. The molecule has 0 saturated heterocycles. The summed E-state index contributed by atoms with van der Waals surface area (Å²) in [6.45, 7) is 6.93. The standard InChI is InChI=1S/C24H31N5O4/c1-16-11-29(17(2)14-30)24(32)21-7-19(6-5-18(3)31)10-27-23(21)33-22(16)13-28(4)12-20-8-25-15-26-9-20/h7-10,15-18,22,30-31H,11-14H2,1-4H3/t16-,17-,18+,22+/m1/s1. The van der Waals surface area contributed by atoms with E-state index in [0.717, 1.165) is 5.56 Å². The van der Waals surface area contributed by atoms with Crippen LogP contribution in [0.3, 0.4) is 0 Å². The number of carbonyl (C=O) groups excluding carboxylic acids is 1. The van der Waals surface area contributed by atoms with Gasteiger partial charge in [0.05, 0.1) is 12.6 Å². The molecule has 3 heterocycles. The molecular formula is C24H31N5O4. The number of aliphatic hydroxyl groups excluding tert-OH is 2. The van der Waals surface area contributed by atoms with Crippen LogP contribution in [0.4, 0.5) is 0 Å². The average molecular weight is 454 g/mol. The lowest BCUT2D eigenvalue weighted by atomic mass is 9.99. The second-order valence-electron chi connectivity index (χ2n) is 8.59. The van der Waals surface area contributed by atoms with Crippen molar-refractivity contribution >= 4 is 5.91 Å². The molecule has 0 bridgehead atoms. The van der Waals surface area contributed by atoms with Crippen molar-refractivity contribution in [1.29, 1.82) is 0 Å². The molecule has 0 radical (unpaired) electrons. The van der Waals surface area contributed by atoms with Crippen molar-refractivity contribution < 1.29 is 19.7 Å². The van der Waals surface area contributed by atoms with E-state index in [9.17, 15) is 15.0 Å². The van der Waals surface area contributed by atoms with Gasteiger partial charge >= 0.3 is 0 Å². The van der Waals surface area contributed by atoms with Crippen LogP contribution in [0.1, 0.15) is 42.3 Å². The molecule has 9 nitrogen and oxygen atoms in total. The molecule has 4 atom stereocenters. The lowest BCUT2D eigenvalue weighted by Crippen LogP contribution is -2.49. The first-order valence-electron chi connectivity index (χ1n) is 11.0. The van der Waals surface area contributed by atoms with E-state index in [-0.39, 0.29) is 36.5 Å². The van der Waals surface area contributed by atoms with Gasteiger partial charge in [-0.25, -0.2) is 15.0 Å². The number of pyridine rings is 1. The molecule has 0 aromatic carbocycles. The summed E-state index contributed by atoms with van der Waals surface area (Å²) in [6.07, 6.45) is 5.56. The van der Waals surface area contributed by atoms with Gasteiger partial charge in [0.1, 0.15) is 24.1 Å². The Morgan fingerprint density at radius 2 is 2.03 bits per heavy atom. The molecule has 2 aromatic heterocycles. The SMILES string of the molecule is C[C@H](O)C#Cc1cnc2c(c1)C(=O)N([C@H](C)CO)C[C@@H](C)[C@H](CN(C)Cc1cncnc1)O2. The maximum atomic E-state index is 13.4. The van der Waals surface area contributed by atoms with Crippen LogP contribution < -0.4 is 4.74 Å². The van der Waals surface area contributed by atoms with Gasteiger partial charge in [0.25, 0.3) is 5.91 Å². The molecule has 1 aliphatic heterocycles. The molecule has 2 aromatic rings. The largest absolute Gasteiger partial charge is 0.472 e. The molecule has 1 aliphatic rings. The molecule has 0 aliphatic carbocycles. The lowest BCUT2D eigenvalue weighted by molar-refractivity contribution is 0.0325. The number of fused-ring (bicyclic) bond motifs is 1. The van der Waals surface area contributed by atoms with Gasteiger partial charge in [0, 0.05) is 55.3 Å². The van der Waals surface area contributed by atoms with Crippen LogP contribution in [-0.4, -0.2) is 85.9 Å². The summed E-state index contributed by atoms with van der Waals surface area (Å²) >= 11 is 0. The highest BCUT2D eigenvalue weighted by molar-refractivity contribution is 5.97. The zero-order valence-electron chi connectivity index (χ0n) is 19.5. The first kappa shape index (κ1) is 24.6. The van der Waals surface area contributed by atoms with Crippen LogP contribution in [0, 0.1) is 17.8 Å². The number of ether oxygens (including phenoxy) is 1. The molecule has 0 unspecified atom stereocenters. The molecule has 1 amide bonds. The highest BCUT2D eigenvalue weighted by atomic mass is 16.5. The Morgan fingerprint density at radius 1 is 1.30 bits per heavy atom. The second kappa shape index (κ2) is 11.2. The van der Waals surface area contributed by atoms with E-state index in [1.165, 1.54) is 12.5 Å². The first-order valence-corrected chi connectivity index (χ1v) is 11.0. The van der Waals surface area contributed by atoms with E-state index in [4.69, 9.17) is 4.74 Å². The fourth-order valence-electron chi connectivity index (χ4n) is 3.67. The minimum absolute atomic E-state index is 0.0120.